The molecule has 0 aliphatic carbocycles. The SMILES string of the molecule is CCCC(C)(N)CN1CC=C(C(C)(C)C)CC1. The smallest absolute Gasteiger partial charge is 0.0254 e. The van der Waals surface area contributed by atoms with E-state index in [1.807, 2.05) is 0 Å². The summed E-state index contributed by atoms with van der Waals surface area (Å²) in [5.41, 5.74) is 8.23. The Morgan fingerprint density at radius 2 is 1.94 bits per heavy atom. The largest absolute Gasteiger partial charge is 0.324 e. The third-order valence-corrected chi connectivity index (χ3v) is 3.66. The number of hydrogen-bond donors (Lipinski definition) is 1. The summed E-state index contributed by atoms with van der Waals surface area (Å²) < 4.78 is 0. The molecule has 0 aromatic rings. The number of nitrogens with zero attached hydrogens (tertiary/aromatic N) is 1. The molecule has 1 aliphatic heterocycles. The zero-order valence-electron chi connectivity index (χ0n) is 12.3. The first-order valence-electron chi connectivity index (χ1n) is 6.95. The van der Waals surface area contributed by atoms with Crippen LogP contribution < -0.4 is 5.73 Å². The average Bonchev–Trinajstić information content (AvgIpc) is 2.16. The van der Waals surface area contributed by atoms with Gasteiger partial charge in [-0.2, -0.15) is 0 Å². The fourth-order valence-electron chi connectivity index (χ4n) is 2.70. The Kier molecular flexibility index (Phi) is 4.79. The van der Waals surface area contributed by atoms with Gasteiger partial charge in [0.25, 0.3) is 0 Å². The lowest BCUT2D eigenvalue weighted by Gasteiger charge is -2.36. The second-order valence-corrected chi connectivity index (χ2v) is 6.87. The summed E-state index contributed by atoms with van der Waals surface area (Å²) in [5.74, 6) is 0. The zero-order valence-corrected chi connectivity index (χ0v) is 12.3. The molecule has 1 heterocycles. The summed E-state index contributed by atoms with van der Waals surface area (Å²) in [5, 5.41) is 0. The highest BCUT2D eigenvalue weighted by atomic mass is 15.1. The van der Waals surface area contributed by atoms with Crippen LogP contribution in [0, 0.1) is 5.41 Å². The highest BCUT2D eigenvalue weighted by molar-refractivity contribution is 5.14. The second-order valence-electron chi connectivity index (χ2n) is 6.87. The standard InChI is InChI=1S/C15H30N2/c1-6-9-15(5,16)12-17-10-7-13(8-11-17)14(2,3)4/h7H,6,8-12,16H2,1-5H3. The molecule has 100 valence electrons. The van der Waals surface area contributed by atoms with Gasteiger partial charge < -0.3 is 5.73 Å². The molecule has 0 saturated carbocycles. The van der Waals surface area contributed by atoms with Crippen molar-refractivity contribution in [3.8, 4) is 0 Å². The van der Waals surface area contributed by atoms with E-state index in [0.29, 0.717) is 5.41 Å². The van der Waals surface area contributed by atoms with Gasteiger partial charge >= 0.3 is 0 Å². The summed E-state index contributed by atoms with van der Waals surface area (Å²) in [4.78, 5) is 2.49. The predicted octanol–water partition coefficient (Wildman–Crippen LogP) is 3.18. The number of hydrogen-bond acceptors (Lipinski definition) is 2. The van der Waals surface area contributed by atoms with E-state index in [4.69, 9.17) is 5.73 Å². The van der Waals surface area contributed by atoms with Crippen LogP contribution in [0.2, 0.25) is 0 Å². The van der Waals surface area contributed by atoms with Gasteiger partial charge in [-0.25, -0.2) is 0 Å². The Labute approximate surface area is 107 Å². The Morgan fingerprint density at radius 1 is 1.29 bits per heavy atom. The van der Waals surface area contributed by atoms with Crippen molar-refractivity contribution in [3.05, 3.63) is 11.6 Å². The Balaban J connectivity index is 2.50. The van der Waals surface area contributed by atoms with Crippen LogP contribution in [0.1, 0.15) is 53.9 Å². The summed E-state index contributed by atoms with van der Waals surface area (Å²) in [6.45, 7) is 14.6. The van der Waals surface area contributed by atoms with E-state index in [1.54, 1.807) is 5.57 Å². The molecule has 0 spiro atoms. The molecule has 0 bridgehead atoms. The molecule has 0 radical (unpaired) electrons. The van der Waals surface area contributed by atoms with E-state index in [2.05, 4.69) is 45.6 Å². The molecule has 0 aromatic carbocycles. The minimum absolute atomic E-state index is 0.0260. The lowest BCUT2D eigenvalue weighted by Crippen LogP contribution is -2.49. The van der Waals surface area contributed by atoms with Crippen LogP contribution in [-0.4, -0.2) is 30.1 Å². The van der Waals surface area contributed by atoms with Crippen LogP contribution in [0.5, 0.6) is 0 Å². The first kappa shape index (κ1) is 14.7. The van der Waals surface area contributed by atoms with Crippen LogP contribution >= 0.6 is 0 Å². The summed E-state index contributed by atoms with van der Waals surface area (Å²) in [6.07, 6.45) is 5.89. The van der Waals surface area contributed by atoms with Crippen molar-refractivity contribution >= 4 is 0 Å². The molecular weight excluding hydrogens is 208 g/mol. The van der Waals surface area contributed by atoms with Crippen LogP contribution in [0.4, 0.5) is 0 Å². The van der Waals surface area contributed by atoms with E-state index in [1.165, 1.54) is 19.4 Å². The first-order chi connectivity index (χ1) is 7.74. The molecule has 1 atom stereocenters. The topological polar surface area (TPSA) is 29.3 Å². The molecule has 0 fully saturated rings. The lowest BCUT2D eigenvalue weighted by molar-refractivity contribution is 0.215. The van der Waals surface area contributed by atoms with Crippen molar-refractivity contribution in [2.75, 3.05) is 19.6 Å². The van der Waals surface area contributed by atoms with Crippen molar-refractivity contribution in [3.63, 3.8) is 0 Å². The monoisotopic (exact) mass is 238 g/mol. The van der Waals surface area contributed by atoms with Gasteiger partial charge in [-0.05, 0) is 25.2 Å². The van der Waals surface area contributed by atoms with E-state index in [9.17, 15) is 0 Å². The Hall–Kier alpha value is -0.340. The third-order valence-electron chi connectivity index (χ3n) is 3.66. The molecule has 0 aromatic heterocycles. The molecule has 1 aliphatic rings. The number of nitrogens with two attached hydrogens (primary N) is 1. The molecule has 0 amide bonds. The summed E-state index contributed by atoms with van der Waals surface area (Å²) in [7, 11) is 0. The van der Waals surface area contributed by atoms with Crippen molar-refractivity contribution in [1.29, 1.82) is 0 Å². The predicted molar refractivity (Wildman–Crippen MR) is 76.1 cm³/mol. The van der Waals surface area contributed by atoms with E-state index in [-0.39, 0.29) is 5.54 Å². The van der Waals surface area contributed by atoms with Gasteiger partial charge in [0, 0.05) is 25.2 Å². The molecule has 1 rings (SSSR count). The van der Waals surface area contributed by atoms with Crippen LogP contribution in [0.25, 0.3) is 0 Å². The summed E-state index contributed by atoms with van der Waals surface area (Å²) >= 11 is 0. The van der Waals surface area contributed by atoms with Gasteiger partial charge in [-0.3, -0.25) is 4.90 Å². The quantitative estimate of drug-likeness (QED) is 0.762. The molecule has 2 N–H and O–H groups in total. The normalized spacial score (nSPS) is 22.1. The maximum Gasteiger partial charge on any atom is 0.0254 e. The van der Waals surface area contributed by atoms with Gasteiger partial charge in [0.2, 0.25) is 0 Å². The second kappa shape index (κ2) is 5.53. The zero-order chi connectivity index (χ0) is 13.1. The molecule has 0 saturated heterocycles. The van der Waals surface area contributed by atoms with Crippen LogP contribution in [0.3, 0.4) is 0 Å². The van der Waals surface area contributed by atoms with Crippen LogP contribution in [0.15, 0.2) is 11.6 Å². The van der Waals surface area contributed by atoms with Crippen molar-refractivity contribution in [2.45, 2.75) is 59.4 Å². The van der Waals surface area contributed by atoms with Crippen molar-refractivity contribution < 1.29 is 0 Å². The highest BCUT2D eigenvalue weighted by Gasteiger charge is 2.25. The van der Waals surface area contributed by atoms with Gasteiger partial charge in [-0.15, -0.1) is 0 Å². The summed E-state index contributed by atoms with van der Waals surface area (Å²) in [6, 6.07) is 0. The van der Waals surface area contributed by atoms with Gasteiger partial charge in [0.05, 0.1) is 0 Å². The van der Waals surface area contributed by atoms with Gasteiger partial charge in [0.1, 0.15) is 0 Å². The first-order valence-corrected chi connectivity index (χ1v) is 6.95. The molecular formula is C15H30N2. The Bertz CT molecular complexity index is 271. The third kappa shape index (κ3) is 4.81. The maximum atomic E-state index is 6.32. The minimum atomic E-state index is -0.0260. The molecule has 17 heavy (non-hydrogen) atoms. The molecule has 1 unspecified atom stereocenters. The average molecular weight is 238 g/mol. The molecule has 2 heteroatoms. The minimum Gasteiger partial charge on any atom is -0.324 e. The van der Waals surface area contributed by atoms with Gasteiger partial charge in [0.15, 0.2) is 0 Å². The molecule has 2 nitrogen and oxygen atoms in total. The van der Waals surface area contributed by atoms with Crippen molar-refractivity contribution in [2.24, 2.45) is 11.1 Å². The fraction of sp³-hybridized carbons (Fsp3) is 0.867. The van der Waals surface area contributed by atoms with Crippen molar-refractivity contribution in [1.82, 2.24) is 4.90 Å². The highest BCUT2D eigenvalue weighted by Crippen LogP contribution is 2.30. The maximum absolute atomic E-state index is 6.32. The Morgan fingerprint density at radius 3 is 2.35 bits per heavy atom. The van der Waals surface area contributed by atoms with Crippen LogP contribution in [-0.2, 0) is 0 Å². The van der Waals surface area contributed by atoms with E-state index in [0.717, 1.165) is 19.5 Å². The van der Waals surface area contributed by atoms with Gasteiger partial charge in [-0.1, -0.05) is 45.8 Å². The lowest BCUT2D eigenvalue weighted by atomic mass is 9.82. The van der Waals surface area contributed by atoms with E-state index >= 15 is 0 Å². The van der Waals surface area contributed by atoms with E-state index < -0.39 is 0 Å². The number of rotatable bonds is 4. The fourth-order valence-corrected chi connectivity index (χ4v) is 2.70.